The van der Waals surface area contributed by atoms with E-state index in [0.29, 0.717) is 25.3 Å². The molecule has 2 amide bonds. The minimum absolute atomic E-state index is 0.0735. The number of carbonyl (C=O) groups excluding carboxylic acids is 2. The lowest BCUT2D eigenvalue weighted by molar-refractivity contribution is -0.137. The molecule has 1 aromatic heterocycles. The number of amides is 2. The SMILES string of the molecule is O=C(CN1CCCCC1=O)NCc1ccco1. The molecule has 0 unspecified atom stereocenters. The Balaban J connectivity index is 1.75. The lowest BCUT2D eigenvalue weighted by Gasteiger charge is -2.25. The summed E-state index contributed by atoms with van der Waals surface area (Å²) in [5, 5.41) is 2.73. The van der Waals surface area contributed by atoms with Crippen LogP contribution in [0.4, 0.5) is 0 Å². The highest BCUT2D eigenvalue weighted by molar-refractivity contribution is 5.85. The summed E-state index contributed by atoms with van der Waals surface area (Å²) in [6, 6.07) is 3.57. The zero-order chi connectivity index (χ0) is 12.1. The molecule has 5 heteroatoms. The molecule has 2 rings (SSSR count). The number of likely N-dealkylation sites (tertiary alicyclic amines) is 1. The summed E-state index contributed by atoms with van der Waals surface area (Å²) in [5.41, 5.74) is 0. The van der Waals surface area contributed by atoms with Crippen LogP contribution in [0.3, 0.4) is 0 Å². The standard InChI is InChI=1S/C12H16N2O3/c15-11(13-8-10-4-3-7-17-10)9-14-6-2-1-5-12(14)16/h3-4,7H,1-2,5-6,8-9H2,(H,13,15). The maximum absolute atomic E-state index is 11.6. The van der Waals surface area contributed by atoms with Crippen molar-refractivity contribution in [2.45, 2.75) is 25.8 Å². The predicted molar refractivity (Wildman–Crippen MR) is 61.0 cm³/mol. The van der Waals surface area contributed by atoms with Gasteiger partial charge in [-0.2, -0.15) is 0 Å². The summed E-state index contributed by atoms with van der Waals surface area (Å²) >= 11 is 0. The van der Waals surface area contributed by atoms with E-state index in [-0.39, 0.29) is 18.4 Å². The van der Waals surface area contributed by atoms with Gasteiger partial charge < -0.3 is 14.6 Å². The van der Waals surface area contributed by atoms with Crippen LogP contribution in [0.15, 0.2) is 22.8 Å². The van der Waals surface area contributed by atoms with E-state index >= 15 is 0 Å². The molecule has 1 aliphatic rings. The Morgan fingerprint density at radius 1 is 1.47 bits per heavy atom. The van der Waals surface area contributed by atoms with Crippen molar-refractivity contribution >= 4 is 11.8 Å². The third-order valence-corrected chi connectivity index (χ3v) is 2.80. The Labute approximate surface area is 99.8 Å². The molecule has 1 aromatic rings. The number of furan rings is 1. The van der Waals surface area contributed by atoms with Gasteiger partial charge in [0, 0.05) is 13.0 Å². The van der Waals surface area contributed by atoms with E-state index in [2.05, 4.69) is 5.32 Å². The molecule has 0 bridgehead atoms. The van der Waals surface area contributed by atoms with E-state index in [1.165, 1.54) is 0 Å². The average molecular weight is 236 g/mol. The zero-order valence-corrected chi connectivity index (χ0v) is 9.65. The minimum Gasteiger partial charge on any atom is -0.467 e. The quantitative estimate of drug-likeness (QED) is 0.845. The minimum atomic E-state index is -0.142. The summed E-state index contributed by atoms with van der Waals surface area (Å²) in [6.07, 6.45) is 4.04. The molecule has 0 aromatic carbocycles. The topological polar surface area (TPSA) is 62.6 Å². The average Bonchev–Trinajstić information content (AvgIpc) is 2.82. The second-order valence-electron chi connectivity index (χ2n) is 4.13. The number of nitrogens with zero attached hydrogens (tertiary/aromatic N) is 1. The first kappa shape index (κ1) is 11.7. The van der Waals surface area contributed by atoms with Crippen molar-refractivity contribution in [2.24, 2.45) is 0 Å². The van der Waals surface area contributed by atoms with E-state index in [0.717, 1.165) is 12.8 Å². The molecular weight excluding hydrogens is 220 g/mol. The molecule has 1 N–H and O–H groups in total. The fourth-order valence-electron chi connectivity index (χ4n) is 1.86. The van der Waals surface area contributed by atoms with E-state index in [1.54, 1.807) is 23.3 Å². The van der Waals surface area contributed by atoms with Crippen LogP contribution in [0.5, 0.6) is 0 Å². The van der Waals surface area contributed by atoms with E-state index < -0.39 is 0 Å². The molecule has 1 fully saturated rings. The number of hydrogen-bond acceptors (Lipinski definition) is 3. The molecule has 17 heavy (non-hydrogen) atoms. The number of nitrogens with one attached hydrogen (secondary N) is 1. The molecule has 0 aliphatic carbocycles. The van der Waals surface area contributed by atoms with Crippen molar-refractivity contribution in [3.63, 3.8) is 0 Å². The largest absolute Gasteiger partial charge is 0.467 e. The molecule has 2 heterocycles. The van der Waals surface area contributed by atoms with Crippen molar-refractivity contribution in [3.05, 3.63) is 24.2 Å². The van der Waals surface area contributed by atoms with Gasteiger partial charge in [0.05, 0.1) is 19.4 Å². The third-order valence-electron chi connectivity index (χ3n) is 2.80. The van der Waals surface area contributed by atoms with Gasteiger partial charge in [-0.3, -0.25) is 9.59 Å². The third kappa shape index (κ3) is 3.34. The number of carbonyl (C=O) groups is 2. The second kappa shape index (κ2) is 5.52. The smallest absolute Gasteiger partial charge is 0.240 e. The summed E-state index contributed by atoms with van der Waals surface area (Å²) < 4.78 is 5.10. The lowest BCUT2D eigenvalue weighted by atomic mass is 10.1. The highest BCUT2D eigenvalue weighted by Crippen LogP contribution is 2.09. The van der Waals surface area contributed by atoms with E-state index in [1.807, 2.05) is 0 Å². The molecule has 0 radical (unpaired) electrons. The number of rotatable bonds is 4. The predicted octanol–water partition coefficient (Wildman–Crippen LogP) is 0.908. The maximum Gasteiger partial charge on any atom is 0.240 e. The molecule has 1 saturated heterocycles. The highest BCUT2D eigenvalue weighted by atomic mass is 16.3. The Bertz CT molecular complexity index is 386. The van der Waals surface area contributed by atoms with Crippen molar-refractivity contribution < 1.29 is 14.0 Å². The van der Waals surface area contributed by atoms with Crippen LogP contribution in [0.25, 0.3) is 0 Å². The van der Waals surface area contributed by atoms with Gasteiger partial charge >= 0.3 is 0 Å². The molecular formula is C12H16N2O3. The van der Waals surface area contributed by atoms with Gasteiger partial charge in [-0.15, -0.1) is 0 Å². The Kier molecular flexibility index (Phi) is 3.80. The molecule has 5 nitrogen and oxygen atoms in total. The van der Waals surface area contributed by atoms with Crippen molar-refractivity contribution in [2.75, 3.05) is 13.1 Å². The van der Waals surface area contributed by atoms with Crippen LogP contribution >= 0.6 is 0 Å². The van der Waals surface area contributed by atoms with Gasteiger partial charge in [0.15, 0.2) is 0 Å². The fraction of sp³-hybridized carbons (Fsp3) is 0.500. The first-order valence-electron chi connectivity index (χ1n) is 5.82. The summed E-state index contributed by atoms with van der Waals surface area (Å²) in [5.74, 6) is 0.643. The Morgan fingerprint density at radius 3 is 3.06 bits per heavy atom. The van der Waals surface area contributed by atoms with Gasteiger partial charge in [-0.1, -0.05) is 0 Å². The van der Waals surface area contributed by atoms with E-state index in [4.69, 9.17) is 4.42 Å². The van der Waals surface area contributed by atoms with Gasteiger partial charge in [0.2, 0.25) is 11.8 Å². The van der Waals surface area contributed by atoms with Crippen LogP contribution in [-0.2, 0) is 16.1 Å². The van der Waals surface area contributed by atoms with Gasteiger partial charge in [0.25, 0.3) is 0 Å². The van der Waals surface area contributed by atoms with Crippen LogP contribution < -0.4 is 5.32 Å². The van der Waals surface area contributed by atoms with Gasteiger partial charge in [0.1, 0.15) is 5.76 Å². The van der Waals surface area contributed by atoms with Crippen LogP contribution in [0.1, 0.15) is 25.0 Å². The van der Waals surface area contributed by atoms with Crippen molar-refractivity contribution in [3.8, 4) is 0 Å². The number of hydrogen-bond donors (Lipinski definition) is 1. The second-order valence-corrected chi connectivity index (χ2v) is 4.13. The Hall–Kier alpha value is -1.78. The highest BCUT2D eigenvalue weighted by Gasteiger charge is 2.20. The van der Waals surface area contributed by atoms with Crippen molar-refractivity contribution in [1.82, 2.24) is 10.2 Å². The number of piperidine rings is 1. The van der Waals surface area contributed by atoms with E-state index in [9.17, 15) is 9.59 Å². The fourth-order valence-corrected chi connectivity index (χ4v) is 1.86. The molecule has 0 atom stereocenters. The zero-order valence-electron chi connectivity index (χ0n) is 9.65. The molecule has 92 valence electrons. The van der Waals surface area contributed by atoms with Crippen molar-refractivity contribution in [1.29, 1.82) is 0 Å². The Morgan fingerprint density at radius 2 is 2.35 bits per heavy atom. The van der Waals surface area contributed by atoms with Gasteiger partial charge in [-0.05, 0) is 25.0 Å². The van der Waals surface area contributed by atoms with Crippen LogP contribution in [-0.4, -0.2) is 29.8 Å². The van der Waals surface area contributed by atoms with Gasteiger partial charge in [-0.25, -0.2) is 0 Å². The first-order chi connectivity index (χ1) is 8.25. The normalized spacial score (nSPS) is 16.0. The first-order valence-corrected chi connectivity index (χ1v) is 5.82. The molecule has 0 spiro atoms. The monoisotopic (exact) mass is 236 g/mol. The van der Waals surface area contributed by atoms with Crippen LogP contribution in [0.2, 0.25) is 0 Å². The summed E-state index contributed by atoms with van der Waals surface area (Å²) in [6.45, 7) is 1.21. The molecule has 1 aliphatic heterocycles. The van der Waals surface area contributed by atoms with Crippen LogP contribution in [0, 0.1) is 0 Å². The molecule has 0 saturated carbocycles. The summed E-state index contributed by atoms with van der Waals surface area (Å²) in [4.78, 5) is 24.7. The summed E-state index contributed by atoms with van der Waals surface area (Å²) in [7, 11) is 0. The lowest BCUT2D eigenvalue weighted by Crippen LogP contribution is -2.42. The maximum atomic E-state index is 11.6.